The minimum Gasteiger partial charge on any atom is -0.388 e. The minimum atomic E-state index is -1.08. The third-order valence-corrected chi connectivity index (χ3v) is 4.26. The van der Waals surface area contributed by atoms with E-state index in [4.69, 9.17) is 9.47 Å². The van der Waals surface area contributed by atoms with Gasteiger partial charge in [0, 0.05) is 12.4 Å². The smallest absolute Gasteiger partial charge is 0.206 e. The molecular formula is C14H20O4S. The zero-order valence-corrected chi connectivity index (χ0v) is 11.8. The average molecular weight is 284 g/mol. The molecule has 0 spiro atoms. The Morgan fingerprint density at radius 2 is 2.11 bits per heavy atom. The fourth-order valence-corrected chi connectivity index (χ4v) is 3.27. The van der Waals surface area contributed by atoms with Gasteiger partial charge in [0.15, 0.2) is 0 Å². The zero-order valence-electron chi connectivity index (χ0n) is 11.0. The van der Waals surface area contributed by atoms with E-state index in [1.807, 2.05) is 25.1 Å². The van der Waals surface area contributed by atoms with Gasteiger partial charge in [0.2, 0.25) is 5.79 Å². The molecule has 1 aliphatic heterocycles. The predicted molar refractivity (Wildman–Crippen MR) is 74.9 cm³/mol. The van der Waals surface area contributed by atoms with Crippen LogP contribution in [0, 0.1) is 0 Å². The lowest BCUT2D eigenvalue weighted by Crippen LogP contribution is -2.47. The van der Waals surface area contributed by atoms with Gasteiger partial charge in [-0.05, 0) is 12.5 Å². The molecule has 1 heterocycles. The molecule has 0 saturated carbocycles. The first-order valence-electron chi connectivity index (χ1n) is 6.43. The molecule has 106 valence electrons. The molecule has 2 rings (SSSR count). The van der Waals surface area contributed by atoms with Crippen LogP contribution in [0.5, 0.6) is 0 Å². The number of aliphatic hydroxyl groups excluding tert-OH is 2. The number of hydrogen-bond donors (Lipinski definition) is 2. The maximum absolute atomic E-state index is 10.0. The first-order valence-corrected chi connectivity index (χ1v) is 7.59. The molecule has 3 atom stereocenters. The lowest BCUT2D eigenvalue weighted by atomic mass is 10.1. The van der Waals surface area contributed by atoms with Gasteiger partial charge in [-0.3, -0.25) is 0 Å². The summed E-state index contributed by atoms with van der Waals surface area (Å²) in [6.45, 7) is 2.41. The number of hydrogen-bond acceptors (Lipinski definition) is 5. The summed E-state index contributed by atoms with van der Waals surface area (Å²) in [7, 11) is 0. The topological polar surface area (TPSA) is 58.9 Å². The van der Waals surface area contributed by atoms with E-state index in [2.05, 4.69) is 12.1 Å². The Hall–Kier alpha value is -0.590. The maximum Gasteiger partial charge on any atom is 0.206 e. The largest absolute Gasteiger partial charge is 0.388 e. The Labute approximate surface area is 117 Å². The van der Waals surface area contributed by atoms with E-state index in [1.54, 1.807) is 11.8 Å². The van der Waals surface area contributed by atoms with Crippen molar-refractivity contribution in [2.24, 2.45) is 0 Å². The van der Waals surface area contributed by atoms with Gasteiger partial charge in [0.25, 0.3) is 0 Å². The van der Waals surface area contributed by atoms with Crippen LogP contribution in [0.25, 0.3) is 0 Å². The minimum absolute atomic E-state index is 0.118. The van der Waals surface area contributed by atoms with Crippen molar-refractivity contribution >= 4 is 11.8 Å². The molecule has 2 N–H and O–H groups in total. The molecular weight excluding hydrogens is 264 g/mol. The van der Waals surface area contributed by atoms with Crippen LogP contribution >= 0.6 is 11.8 Å². The molecule has 0 aliphatic carbocycles. The van der Waals surface area contributed by atoms with Crippen LogP contribution in [-0.2, 0) is 15.2 Å². The Morgan fingerprint density at radius 1 is 1.37 bits per heavy atom. The number of benzene rings is 1. The highest BCUT2D eigenvalue weighted by Gasteiger charge is 2.49. The molecule has 5 heteroatoms. The van der Waals surface area contributed by atoms with Crippen LogP contribution in [0.4, 0.5) is 0 Å². The van der Waals surface area contributed by atoms with Crippen molar-refractivity contribution in [1.82, 2.24) is 0 Å². The predicted octanol–water partition coefficient (Wildman–Crippen LogP) is 1.40. The Bertz CT molecular complexity index is 382. The van der Waals surface area contributed by atoms with E-state index in [0.717, 1.165) is 5.75 Å². The first kappa shape index (κ1) is 14.8. The summed E-state index contributed by atoms with van der Waals surface area (Å²) in [5.74, 6) is 0.239. The number of thioether (sulfide) groups is 1. The molecule has 1 saturated heterocycles. The van der Waals surface area contributed by atoms with E-state index in [9.17, 15) is 10.2 Å². The van der Waals surface area contributed by atoms with Crippen LogP contribution in [0.2, 0.25) is 0 Å². The van der Waals surface area contributed by atoms with Crippen LogP contribution in [0.1, 0.15) is 12.5 Å². The molecule has 0 amide bonds. The quantitative estimate of drug-likeness (QED) is 0.827. The summed E-state index contributed by atoms with van der Waals surface area (Å²) in [4.78, 5) is 0. The summed E-state index contributed by atoms with van der Waals surface area (Å²) in [6.07, 6.45) is -1.86. The molecule has 19 heavy (non-hydrogen) atoms. The lowest BCUT2D eigenvalue weighted by molar-refractivity contribution is -0.229. The third kappa shape index (κ3) is 3.49. The molecule has 1 unspecified atom stereocenters. The second kappa shape index (κ2) is 6.72. The highest BCUT2D eigenvalue weighted by molar-refractivity contribution is 7.98. The average Bonchev–Trinajstić information content (AvgIpc) is 2.70. The molecule has 4 nitrogen and oxygen atoms in total. The van der Waals surface area contributed by atoms with Crippen LogP contribution < -0.4 is 0 Å². The SMILES string of the molecule is CCOC1(CSCc2ccccc2)OC[C@@H](O)[C@@H]1O. The van der Waals surface area contributed by atoms with Gasteiger partial charge < -0.3 is 19.7 Å². The molecule has 0 aromatic heterocycles. The second-order valence-electron chi connectivity index (χ2n) is 4.55. The van der Waals surface area contributed by atoms with Gasteiger partial charge in [-0.15, -0.1) is 0 Å². The van der Waals surface area contributed by atoms with Gasteiger partial charge in [0.1, 0.15) is 12.2 Å². The van der Waals surface area contributed by atoms with Crippen LogP contribution in [0.15, 0.2) is 30.3 Å². The zero-order chi connectivity index (χ0) is 13.7. The molecule has 1 fully saturated rings. The van der Waals surface area contributed by atoms with Crippen molar-refractivity contribution < 1.29 is 19.7 Å². The number of ether oxygens (including phenoxy) is 2. The molecule has 1 aromatic rings. The number of aliphatic hydroxyl groups is 2. The Kier molecular flexibility index (Phi) is 5.24. The third-order valence-electron chi connectivity index (χ3n) is 3.12. The highest BCUT2D eigenvalue weighted by atomic mass is 32.2. The van der Waals surface area contributed by atoms with Gasteiger partial charge in [-0.2, -0.15) is 11.8 Å². The van der Waals surface area contributed by atoms with E-state index in [-0.39, 0.29) is 6.61 Å². The van der Waals surface area contributed by atoms with Gasteiger partial charge in [-0.25, -0.2) is 0 Å². The first-order chi connectivity index (χ1) is 9.18. The van der Waals surface area contributed by atoms with E-state index in [0.29, 0.717) is 12.4 Å². The highest BCUT2D eigenvalue weighted by Crippen LogP contribution is 2.32. The summed E-state index contributed by atoms with van der Waals surface area (Å²) < 4.78 is 11.1. The fraction of sp³-hybridized carbons (Fsp3) is 0.571. The molecule has 0 radical (unpaired) electrons. The van der Waals surface area contributed by atoms with Gasteiger partial charge in [0.05, 0.1) is 12.4 Å². The monoisotopic (exact) mass is 284 g/mol. The molecule has 1 aromatic carbocycles. The molecule has 0 bridgehead atoms. The van der Waals surface area contributed by atoms with Crippen molar-refractivity contribution in [2.45, 2.75) is 30.7 Å². The Balaban J connectivity index is 1.91. The van der Waals surface area contributed by atoms with Crippen molar-refractivity contribution in [1.29, 1.82) is 0 Å². The second-order valence-corrected chi connectivity index (χ2v) is 5.53. The van der Waals surface area contributed by atoms with E-state index in [1.165, 1.54) is 5.56 Å². The van der Waals surface area contributed by atoms with Crippen LogP contribution in [-0.4, -0.2) is 47.2 Å². The van der Waals surface area contributed by atoms with Crippen LogP contribution in [0.3, 0.4) is 0 Å². The Morgan fingerprint density at radius 3 is 2.68 bits per heavy atom. The standard InChI is InChI=1S/C14H20O4S/c1-2-17-14(13(16)12(15)8-18-14)10-19-9-11-6-4-3-5-7-11/h3-7,12-13,15-16H,2,8-10H2,1H3/t12-,13+,14?/m1/s1. The molecule has 1 aliphatic rings. The van der Waals surface area contributed by atoms with Crippen molar-refractivity contribution in [3.8, 4) is 0 Å². The summed E-state index contributed by atoms with van der Waals surface area (Å²) >= 11 is 1.63. The van der Waals surface area contributed by atoms with Crippen molar-refractivity contribution in [3.05, 3.63) is 35.9 Å². The van der Waals surface area contributed by atoms with E-state index < -0.39 is 18.0 Å². The fourth-order valence-electron chi connectivity index (χ4n) is 2.12. The summed E-state index contributed by atoms with van der Waals surface area (Å²) in [5.41, 5.74) is 1.21. The summed E-state index contributed by atoms with van der Waals surface area (Å²) in [6, 6.07) is 10.1. The normalized spacial score (nSPS) is 30.7. The van der Waals surface area contributed by atoms with E-state index >= 15 is 0 Å². The number of rotatable bonds is 6. The van der Waals surface area contributed by atoms with Gasteiger partial charge in [-0.1, -0.05) is 30.3 Å². The maximum atomic E-state index is 10.0. The summed E-state index contributed by atoms with van der Waals surface area (Å²) in [5, 5.41) is 19.6. The van der Waals surface area contributed by atoms with Gasteiger partial charge >= 0.3 is 0 Å². The van der Waals surface area contributed by atoms with Crippen molar-refractivity contribution in [3.63, 3.8) is 0 Å². The van der Waals surface area contributed by atoms with Crippen molar-refractivity contribution in [2.75, 3.05) is 19.0 Å². The lowest BCUT2D eigenvalue weighted by Gasteiger charge is -2.31.